The van der Waals surface area contributed by atoms with Gasteiger partial charge in [0.25, 0.3) is 0 Å². The van der Waals surface area contributed by atoms with E-state index in [1.807, 2.05) is 36.4 Å². The fourth-order valence-electron chi connectivity index (χ4n) is 1.56. The molecule has 0 spiro atoms. The Labute approximate surface area is 96.0 Å². The Kier molecular flexibility index (Phi) is 3.95. The topological polar surface area (TPSA) is 30.0 Å². The van der Waals surface area contributed by atoms with Crippen LogP contribution in [0, 0.1) is 0 Å². The lowest BCUT2D eigenvalue weighted by molar-refractivity contribution is 0.101. The van der Waals surface area contributed by atoms with Crippen molar-refractivity contribution in [1.82, 2.24) is 4.98 Å². The predicted octanol–water partition coefficient (Wildman–Crippen LogP) is 3.59. The second-order valence-electron chi connectivity index (χ2n) is 3.34. The molecule has 0 radical (unpaired) electrons. The Morgan fingerprint density at radius 1 is 1.12 bits per heavy atom. The van der Waals surface area contributed by atoms with Crippen molar-refractivity contribution in [2.24, 2.45) is 0 Å². The number of hydrogen-bond acceptors (Lipinski definition) is 2. The van der Waals surface area contributed by atoms with Crippen LogP contribution in [0.5, 0.6) is 0 Å². The third-order valence-corrected chi connectivity index (χ3v) is 2.28. The van der Waals surface area contributed by atoms with E-state index in [0.29, 0.717) is 0 Å². The van der Waals surface area contributed by atoms with E-state index >= 15 is 0 Å². The van der Waals surface area contributed by atoms with Crippen molar-refractivity contribution in [3.63, 3.8) is 0 Å². The van der Waals surface area contributed by atoms with Gasteiger partial charge in [-0.1, -0.05) is 37.8 Å². The molecule has 0 aliphatic carbocycles. The number of Topliss-reactive ketones (excluding diaryl/α,β-unsaturated/α-hetero) is 1. The Morgan fingerprint density at radius 2 is 1.88 bits per heavy atom. The van der Waals surface area contributed by atoms with Crippen LogP contribution in [-0.4, -0.2) is 10.8 Å². The molecule has 0 aliphatic rings. The van der Waals surface area contributed by atoms with E-state index in [9.17, 15) is 4.79 Å². The molecule has 1 aromatic carbocycles. The van der Waals surface area contributed by atoms with Gasteiger partial charge in [-0.25, -0.2) is 0 Å². The van der Waals surface area contributed by atoms with Crippen molar-refractivity contribution in [3.8, 4) is 11.1 Å². The van der Waals surface area contributed by atoms with Crippen LogP contribution < -0.4 is 0 Å². The van der Waals surface area contributed by atoms with E-state index in [1.165, 1.54) is 0 Å². The molecular formula is C14H15NO. The number of nitrogens with zero attached hydrogens (tertiary/aromatic N) is 1. The van der Waals surface area contributed by atoms with Crippen molar-refractivity contribution < 1.29 is 4.79 Å². The maximum absolute atomic E-state index is 11.4. The molecule has 0 bridgehead atoms. The SMILES string of the molecule is C.CC(=O)c1ccccc1-c1cccnc1. The summed E-state index contributed by atoms with van der Waals surface area (Å²) in [5, 5.41) is 0. The second kappa shape index (κ2) is 5.21. The average Bonchev–Trinajstić information content (AvgIpc) is 2.30. The predicted molar refractivity (Wildman–Crippen MR) is 66.4 cm³/mol. The molecule has 1 heterocycles. The van der Waals surface area contributed by atoms with Gasteiger partial charge in [0.05, 0.1) is 0 Å². The van der Waals surface area contributed by atoms with E-state index in [0.717, 1.165) is 16.7 Å². The van der Waals surface area contributed by atoms with Crippen LogP contribution in [0.15, 0.2) is 48.8 Å². The summed E-state index contributed by atoms with van der Waals surface area (Å²) in [7, 11) is 0. The first-order valence-corrected chi connectivity index (χ1v) is 4.79. The molecule has 2 aromatic rings. The van der Waals surface area contributed by atoms with Gasteiger partial charge < -0.3 is 0 Å². The molecule has 2 nitrogen and oxygen atoms in total. The molecule has 2 rings (SSSR count). The van der Waals surface area contributed by atoms with Crippen LogP contribution in [-0.2, 0) is 0 Å². The minimum absolute atomic E-state index is 0. The smallest absolute Gasteiger partial charge is 0.160 e. The van der Waals surface area contributed by atoms with Crippen LogP contribution >= 0.6 is 0 Å². The largest absolute Gasteiger partial charge is 0.294 e. The minimum atomic E-state index is 0. The summed E-state index contributed by atoms with van der Waals surface area (Å²) in [5.41, 5.74) is 2.66. The highest BCUT2D eigenvalue weighted by molar-refractivity contribution is 6.00. The summed E-state index contributed by atoms with van der Waals surface area (Å²) in [4.78, 5) is 15.5. The number of pyridine rings is 1. The molecule has 0 N–H and O–H groups in total. The Balaban J connectivity index is 0.00000128. The Bertz CT molecular complexity index is 477. The van der Waals surface area contributed by atoms with Gasteiger partial charge in [-0.2, -0.15) is 0 Å². The number of benzene rings is 1. The minimum Gasteiger partial charge on any atom is -0.294 e. The summed E-state index contributed by atoms with van der Waals surface area (Å²) in [6, 6.07) is 11.4. The zero-order valence-corrected chi connectivity index (χ0v) is 8.47. The lowest BCUT2D eigenvalue weighted by Crippen LogP contribution is -1.95. The monoisotopic (exact) mass is 213 g/mol. The first-order valence-electron chi connectivity index (χ1n) is 4.79. The summed E-state index contributed by atoms with van der Waals surface area (Å²) in [6.45, 7) is 1.58. The molecule has 0 saturated heterocycles. The van der Waals surface area contributed by atoms with Crippen molar-refractivity contribution in [3.05, 3.63) is 54.4 Å². The Morgan fingerprint density at radius 3 is 2.50 bits per heavy atom. The van der Waals surface area contributed by atoms with Gasteiger partial charge in [-0.3, -0.25) is 9.78 Å². The molecule has 1 aromatic heterocycles. The van der Waals surface area contributed by atoms with E-state index in [1.54, 1.807) is 19.3 Å². The van der Waals surface area contributed by atoms with Gasteiger partial charge in [0, 0.05) is 23.5 Å². The number of rotatable bonds is 2. The highest BCUT2D eigenvalue weighted by Crippen LogP contribution is 2.22. The first kappa shape index (κ1) is 12.1. The summed E-state index contributed by atoms with van der Waals surface area (Å²) in [6.07, 6.45) is 3.49. The zero-order valence-electron chi connectivity index (χ0n) is 8.47. The maximum Gasteiger partial charge on any atom is 0.160 e. The molecule has 82 valence electrons. The number of carbonyl (C=O) groups is 1. The number of ketones is 1. The fraction of sp³-hybridized carbons (Fsp3) is 0.143. The van der Waals surface area contributed by atoms with E-state index in [2.05, 4.69) is 4.98 Å². The molecular weight excluding hydrogens is 198 g/mol. The maximum atomic E-state index is 11.4. The first-order chi connectivity index (χ1) is 7.29. The summed E-state index contributed by atoms with van der Waals surface area (Å²) < 4.78 is 0. The molecule has 0 unspecified atom stereocenters. The van der Waals surface area contributed by atoms with E-state index in [-0.39, 0.29) is 13.2 Å². The van der Waals surface area contributed by atoms with Crippen LogP contribution in [0.2, 0.25) is 0 Å². The van der Waals surface area contributed by atoms with Crippen molar-refractivity contribution in [2.45, 2.75) is 14.4 Å². The summed E-state index contributed by atoms with van der Waals surface area (Å²) in [5.74, 6) is 0.0782. The van der Waals surface area contributed by atoms with Gasteiger partial charge in [0.2, 0.25) is 0 Å². The van der Waals surface area contributed by atoms with E-state index in [4.69, 9.17) is 0 Å². The van der Waals surface area contributed by atoms with Crippen molar-refractivity contribution >= 4 is 5.78 Å². The molecule has 2 heteroatoms. The fourth-order valence-corrected chi connectivity index (χ4v) is 1.56. The van der Waals surface area contributed by atoms with Gasteiger partial charge in [-0.05, 0) is 18.6 Å². The molecule has 0 atom stereocenters. The molecule has 16 heavy (non-hydrogen) atoms. The normalized spacial score (nSPS) is 9.31. The number of hydrogen-bond donors (Lipinski definition) is 0. The number of carbonyl (C=O) groups excluding carboxylic acids is 1. The summed E-state index contributed by atoms with van der Waals surface area (Å²) >= 11 is 0. The van der Waals surface area contributed by atoms with E-state index < -0.39 is 0 Å². The number of aromatic nitrogens is 1. The lowest BCUT2D eigenvalue weighted by atomic mass is 9.99. The van der Waals surface area contributed by atoms with Gasteiger partial charge in [0.1, 0.15) is 0 Å². The van der Waals surface area contributed by atoms with Gasteiger partial charge in [0.15, 0.2) is 5.78 Å². The van der Waals surface area contributed by atoms with Crippen molar-refractivity contribution in [2.75, 3.05) is 0 Å². The third kappa shape index (κ3) is 2.34. The highest BCUT2D eigenvalue weighted by atomic mass is 16.1. The zero-order chi connectivity index (χ0) is 10.7. The van der Waals surface area contributed by atoms with Crippen LogP contribution in [0.1, 0.15) is 24.7 Å². The van der Waals surface area contributed by atoms with Crippen LogP contribution in [0.4, 0.5) is 0 Å². The van der Waals surface area contributed by atoms with Crippen LogP contribution in [0.25, 0.3) is 11.1 Å². The third-order valence-electron chi connectivity index (χ3n) is 2.28. The van der Waals surface area contributed by atoms with Gasteiger partial charge in [-0.15, -0.1) is 0 Å². The standard InChI is InChI=1S/C13H11NO.CH4/c1-10(15)12-6-2-3-7-13(12)11-5-4-8-14-9-11;/h2-9H,1H3;1H4. The molecule has 0 fully saturated rings. The molecule has 0 saturated carbocycles. The quantitative estimate of drug-likeness (QED) is 0.713. The second-order valence-corrected chi connectivity index (χ2v) is 3.34. The van der Waals surface area contributed by atoms with Crippen molar-refractivity contribution in [1.29, 1.82) is 0 Å². The van der Waals surface area contributed by atoms with Crippen LogP contribution in [0.3, 0.4) is 0 Å². The highest BCUT2D eigenvalue weighted by Gasteiger charge is 2.07. The average molecular weight is 213 g/mol. The molecule has 0 aliphatic heterocycles. The Hall–Kier alpha value is -1.96. The lowest BCUT2D eigenvalue weighted by Gasteiger charge is -2.05. The molecule has 0 amide bonds. The van der Waals surface area contributed by atoms with Gasteiger partial charge >= 0.3 is 0 Å².